The average molecular weight is 433 g/mol. The number of ether oxygens (including phenoxy) is 4. The van der Waals surface area contributed by atoms with E-state index in [0.717, 1.165) is 0 Å². The van der Waals surface area contributed by atoms with Gasteiger partial charge in [0.1, 0.15) is 36.3 Å². The summed E-state index contributed by atoms with van der Waals surface area (Å²) in [6.45, 7) is 0.624. The summed E-state index contributed by atoms with van der Waals surface area (Å²) in [6.07, 6.45) is 1.59. The lowest BCUT2D eigenvalue weighted by atomic mass is 10.1. The van der Waals surface area contributed by atoms with Gasteiger partial charge in [-0.15, -0.1) is 0 Å². The summed E-state index contributed by atoms with van der Waals surface area (Å²) in [5.41, 5.74) is 1.32. The number of carbonyl (C=O) groups excluding carboxylic acids is 1. The first kappa shape index (κ1) is 21.1. The molecule has 0 aromatic heterocycles. The predicted octanol–water partition coefficient (Wildman–Crippen LogP) is 4.64. The van der Waals surface area contributed by atoms with Gasteiger partial charge in [0, 0.05) is 17.2 Å². The molecule has 1 aliphatic rings. The number of esters is 1. The maximum absolute atomic E-state index is 13.1. The van der Waals surface area contributed by atoms with Gasteiger partial charge in [0.25, 0.3) is 0 Å². The van der Waals surface area contributed by atoms with Crippen LogP contribution in [0.1, 0.15) is 11.1 Å². The van der Waals surface area contributed by atoms with Gasteiger partial charge in [-0.25, -0.2) is 14.2 Å². The molecule has 0 spiro atoms. The van der Waals surface area contributed by atoms with Gasteiger partial charge in [-0.1, -0.05) is 24.3 Å². The molecule has 0 radical (unpaired) electrons. The molecule has 0 fully saturated rings. The number of nitrogens with zero attached hydrogens (tertiary/aromatic N) is 1. The van der Waals surface area contributed by atoms with Crippen molar-refractivity contribution >= 4 is 17.9 Å². The van der Waals surface area contributed by atoms with Gasteiger partial charge in [0.2, 0.25) is 5.90 Å². The molecule has 6 nitrogen and oxygen atoms in total. The van der Waals surface area contributed by atoms with Crippen LogP contribution >= 0.6 is 0 Å². The van der Waals surface area contributed by atoms with Gasteiger partial charge >= 0.3 is 5.97 Å². The molecular formula is C25H20FNO5. The molecule has 0 unspecified atom stereocenters. The molecule has 7 heteroatoms. The van der Waals surface area contributed by atoms with Crippen molar-refractivity contribution < 1.29 is 28.1 Å². The van der Waals surface area contributed by atoms with Crippen molar-refractivity contribution in [1.82, 2.24) is 0 Å². The molecule has 0 N–H and O–H groups in total. The minimum absolute atomic E-state index is 0.131. The zero-order valence-electron chi connectivity index (χ0n) is 17.3. The van der Waals surface area contributed by atoms with Crippen molar-refractivity contribution in [2.75, 3.05) is 20.3 Å². The van der Waals surface area contributed by atoms with Crippen molar-refractivity contribution in [3.63, 3.8) is 0 Å². The van der Waals surface area contributed by atoms with Gasteiger partial charge in [0.15, 0.2) is 5.70 Å². The predicted molar refractivity (Wildman–Crippen MR) is 117 cm³/mol. The highest BCUT2D eigenvalue weighted by Gasteiger charge is 2.24. The number of carbonyl (C=O) groups is 1. The first-order valence-corrected chi connectivity index (χ1v) is 9.89. The SMILES string of the molecule is COc1cccc(OCCOc2ccccc2C=C2N=C(c3ccc(F)cc3)OC2=O)c1. The summed E-state index contributed by atoms with van der Waals surface area (Å²) in [6, 6.07) is 20.2. The summed E-state index contributed by atoms with van der Waals surface area (Å²) in [5.74, 6) is 1.14. The number of hydrogen-bond donors (Lipinski definition) is 0. The van der Waals surface area contributed by atoms with Gasteiger partial charge in [-0.3, -0.25) is 0 Å². The molecular weight excluding hydrogens is 413 g/mol. The highest BCUT2D eigenvalue weighted by Crippen LogP contribution is 2.25. The molecule has 0 amide bonds. The van der Waals surface area contributed by atoms with Crippen LogP contribution in [0.2, 0.25) is 0 Å². The van der Waals surface area contributed by atoms with Crippen molar-refractivity contribution in [3.8, 4) is 17.2 Å². The molecule has 0 atom stereocenters. The summed E-state index contributed by atoms with van der Waals surface area (Å²) in [4.78, 5) is 16.5. The van der Waals surface area contributed by atoms with Crippen LogP contribution in [0.5, 0.6) is 17.2 Å². The van der Waals surface area contributed by atoms with Crippen molar-refractivity contribution in [2.45, 2.75) is 0 Å². The Hall–Kier alpha value is -4.13. The molecule has 162 valence electrons. The Kier molecular flexibility index (Phi) is 6.46. The fourth-order valence-electron chi connectivity index (χ4n) is 3.01. The largest absolute Gasteiger partial charge is 0.497 e. The van der Waals surface area contributed by atoms with E-state index in [4.69, 9.17) is 18.9 Å². The molecule has 3 aromatic carbocycles. The first-order chi connectivity index (χ1) is 15.6. The lowest BCUT2D eigenvalue weighted by Gasteiger charge is -2.11. The van der Waals surface area contributed by atoms with Crippen LogP contribution in [0, 0.1) is 5.82 Å². The molecule has 1 aliphatic heterocycles. The quantitative estimate of drug-likeness (QED) is 0.294. The van der Waals surface area contributed by atoms with E-state index in [0.29, 0.717) is 41.6 Å². The number of halogens is 1. The molecule has 0 saturated heterocycles. The van der Waals surface area contributed by atoms with E-state index in [-0.39, 0.29) is 17.4 Å². The Bertz CT molecular complexity index is 1170. The highest BCUT2D eigenvalue weighted by molar-refractivity contribution is 6.12. The van der Waals surface area contributed by atoms with Crippen LogP contribution in [-0.2, 0) is 9.53 Å². The second kappa shape index (κ2) is 9.78. The summed E-state index contributed by atoms with van der Waals surface area (Å²) in [5, 5.41) is 0. The molecule has 0 aliphatic carbocycles. The van der Waals surface area contributed by atoms with E-state index in [9.17, 15) is 9.18 Å². The minimum Gasteiger partial charge on any atom is -0.497 e. The molecule has 0 saturated carbocycles. The summed E-state index contributed by atoms with van der Waals surface area (Å²) < 4.78 is 35.1. The maximum atomic E-state index is 13.1. The van der Waals surface area contributed by atoms with Crippen LogP contribution in [0.4, 0.5) is 4.39 Å². The van der Waals surface area contributed by atoms with Crippen LogP contribution in [0.25, 0.3) is 6.08 Å². The maximum Gasteiger partial charge on any atom is 0.363 e. The van der Waals surface area contributed by atoms with Gasteiger partial charge in [-0.05, 0) is 48.5 Å². The minimum atomic E-state index is -0.583. The normalized spacial score (nSPS) is 14.1. The molecule has 4 rings (SSSR count). The third-order valence-electron chi connectivity index (χ3n) is 4.57. The average Bonchev–Trinajstić information content (AvgIpc) is 3.18. The van der Waals surface area contributed by atoms with Crippen molar-refractivity contribution in [2.24, 2.45) is 4.99 Å². The fourth-order valence-corrected chi connectivity index (χ4v) is 3.01. The van der Waals surface area contributed by atoms with E-state index < -0.39 is 5.97 Å². The molecule has 0 bridgehead atoms. The van der Waals surface area contributed by atoms with Gasteiger partial charge in [-0.2, -0.15) is 0 Å². The van der Waals surface area contributed by atoms with E-state index in [1.807, 2.05) is 36.4 Å². The van der Waals surface area contributed by atoms with Gasteiger partial charge < -0.3 is 18.9 Å². The number of rotatable bonds is 8. The molecule has 32 heavy (non-hydrogen) atoms. The second-order valence-electron chi connectivity index (χ2n) is 6.76. The zero-order valence-corrected chi connectivity index (χ0v) is 17.3. The van der Waals surface area contributed by atoms with Crippen LogP contribution in [0.3, 0.4) is 0 Å². The first-order valence-electron chi connectivity index (χ1n) is 9.89. The van der Waals surface area contributed by atoms with E-state index in [2.05, 4.69) is 4.99 Å². The van der Waals surface area contributed by atoms with E-state index in [1.165, 1.54) is 24.3 Å². The Labute approximate surface area is 184 Å². The Balaban J connectivity index is 1.43. The number of methoxy groups -OCH3 is 1. The number of para-hydroxylation sites is 1. The zero-order chi connectivity index (χ0) is 22.3. The van der Waals surface area contributed by atoms with Gasteiger partial charge in [0.05, 0.1) is 7.11 Å². The smallest absolute Gasteiger partial charge is 0.363 e. The summed E-state index contributed by atoms with van der Waals surface area (Å²) in [7, 11) is 1.60. The lowest BCUT2D eigenvalue weighted by Crippen LogP contribution is -2.09. The third kappa shape index (κ3) is 5.13. The number of benzene rings is 3. The standard InChI is InChI=1S/C25H20FNO5/c1-29-20-6-4-7-21(16-20)30-13-14-31-23-8-3-2-5-18(23)15-22-25(28)32-24(27-22)17-9-11-19(26)12-10-17/h2-12,15-16H,13-14H2,1H3. The van der Waals surface area contributed by atoms with E-state index >= 15 is 0 Å². The van der Waals surface area contributed by atoms with Crippen LogP contribution in [-0.4, -0.2) is 32.2 Å². The number of hydrogen-bond acceptors (Lipinski definition) is 6. The lowest BCUT2D eigenvalue weighted by molar-refractivity contribution is -0.129. The second-order valence-corrected chi connectivity index (χ2v) is 6.76. The summed E-state index contributed by atoms with van der Waals surface area (Å²) >= 11 is 0. The molecule has 1 heterocycles. The number of aliphatic imine (C=N–C) groups is 1. The monoisotopic (exact) mass is 433 g/mol. The fraction of sp³-hybridized carbons (Fsp3) is 0.120. The van der Waals surface area contributed by atoms with Crippen LogP contribution in [0.15, 0.2) is 83.5 Å². The van der Waals surface area contributed by atoms with Crippen molar-refractivity contribution in [1.29, 1.82) is 0 Å². The van der Waals surface area contributed by atoms with Crippen molar-refractivity contribution in [3.05, 3.63) is 95.4 Å². The van der Waals surface area contributed by atoms with E-state index in [1.54, 1.807) is 25.3 Å². The topological polar surface area (TPSA) is 66.3 Å². The Morgan fingerprint density at radius 2 is 1.69 bits per heavy atom. The molecule has 3 aromatic rings. The third-order valence-corrected chi connectivity index (χ3v) is 4.57. The highest BCUT2D eigenvalue weighted by atomic mass is 19.1. The Morgan fingerprint density at radius 3 is 2.50 bits per heavy atom. The number of cyclic esters (lactones) is 1. The Morgan fingerprint density at radius 1 is 0.938 bits per heavy atom. The van der Waals surface area contributed by atoms with Crippen LogP contribution < -0.4 is 14.2 Å².